The molecule has 17 heavy (non-hydrogen) atoms. The van der Waals surface area contributed by atoms with Gasteiger partial charge in [0.15, 0.2) is 0 Å². The number of hydrogen-bond acceptors (Lipinski definition) is 2. The van der Waals surface area contributed by atoms with Crippen LogP contribution in [0.1, 0.15) is 31.7 Å². The molecule has 0 amide bonds. The fourth-order valence-electron chi connectivity index (χ4n) is 2.61. The average Bonchev–Trinajstić information content (AvgIpc) is 2.70. The summed E-state index contributed by atoms with van der Waals surface area (Å²) in [4.78, 5) is 0. The number of phenolic OH excluding ortho intramolecular Hbond substituents is 1. The van der Waals surface area contributed by atoms with Crippen molar-refractivity contribution < 1.29 is 5.11 Å². The van der Waals surface area contributed by atoms with Crippen LogP contribution < -0.4 is 5.32 Å². The van der Waals surface area contributed by atoms with Crippen molar-refractivity contribution in [1.82, 2.24) is 5.32 Å². The predicted octanol–water partition coefficient (Wildman–Crippen LogP) is 3.68. The zero-order chi connectivity index (χ0) is 12.3. The lowest BCUT2D eigenvalue weighted by Gasteiger charge is -2.16. The van der Waals surface area contributed by atoms with Crippen molar-refractivity contribution in [2.24, 2.45) is 11.8 Å². The zero-order valence-corrected chi connectivity index (χ0v) is 11.8. The number of phenols is 1. The minimum atomic E-state index is 0.375. The second-order valence-electron chi connectivity index (χ2n) is 5.07. The molecule has 2 atom stereocenters. The van der Waals surface area contributed by atoms with E-state index >= 15 is 0 Å². The second kappa shape index (κ2) is 5.87. The molecule has 2 nitrogen and oxygen atoms in total. The van der Waals surface area contributed by atoms with E-state index in [9.17, 15) is 5.11 Å². The van der Waals surface area contributed by atoms with Gasteiger partial charge < -0.3 is 10.4 Å². The summed E-state index contributed by atoms with van der Waals surface area (Å²) in [5.74, 6) is 2.03. The minimum Gasteiger partial charge on any atom is -0.508 e. The Morgan fingerprint density at radius 1 is 1.41 bits per heavy atom. The third kappa shape index (κ3) is 3.46. The van der Waals surface area contributed by atoms with Crippen LogP contribution in [-0.4, -0.2) is 11.7 Å². The van der Waals surface area contributed by atoms with Gasteiger partial charge in [-0.2, -0.15) is 0 Å². The molecule has 3 heteroatoms. The van der Waals surface area contributed by atoms with E-state index in [1.54, 1.807) is 6.07 Å². The molecule has 1 saturated carbocycles. The minimum absolute atomic E-state index is 0.375. The fraction of sp³-hybridized carbons (Fsp3) is 0.571. The molecule has 1 aliphatic rings. The van der Waals surface area contributed by atoms with E-state index in [2.05, 4.69) is 28.2 Å². The lowest BCUT2D eigenvalue weighted by atomic mass is 9.98. The third-order valence-corrected chi connectivity index (χ3v) is 4.30. The average molecular weight is 298 g/mol. The Hall–Kier alpha value is -0.540. The van der Waals surface area contributed by atoms with Gasteiger partial charge in [0.05, 0.1) is 0 Å². The molecule has 0 aromatic heterocycles. The maximum Gasteiger partial charge on any atom is 0.120 e. The smallest absolute Gasteiger partial charge is 0.120 e. The molecule has 2 rings (SSSR count). The summed E-state index contributed by atoms with van der Waals surface area (Å²) in [6.07, 6.45) is 4.09. The van der Waals surface area contributed by atoms with Gasteiger partial charge >= 0.3 is 0 Å². The van der Waals surface area contributed by atoms with E-state index in [-0.39, 0.29) is 0 Å². The summed E-state index contributed by atoms with van der Waals surface area (Å²) in [6, 6.07) is 5.57. The normalized spacial score (nSPS) is 24.1. The van der Waals surface area contributed by atoms with Gasteiger partial charge in [0.2, 0.25) is 0 Å². The standard InChI is InChI=1S/C14H20BrNO/c1-10-3-2-4-11(10)8-16-9-12-7-13(15)5-6-14(12)17/h5-7,10-11,16-17H,2-4,8-9H2,1H3. The molecule has 2 unspecified atom stereocenters. The van der Waals surface area contributed by atoms with Gasteiger partial charge in [-0.25, -0.2) is 0 Å². The highest BCUT2D eigenvalue weighted by molar-refractivity contribution is 9.10. The van der Waals surface area contributed by atoms with Crippen molar-refractivity contribution in [3.05, 3.63) is 28.2 Å². The van der Waals surface area contributed by atoms with Crippen molar-refractivity contribution in [2.45, 2.75) is 32.7 Å². The van der Waals surface area contributed by atoms with Crippen LogP contribution in [0.4, 0.5) is 0 Å². The van der Waals surface area contributed by atoms with Gasteiger partial charge in [-0.3, -0.25) is 0 Å². The summed E-state index contributed by atoms with van der Waals surface area (Å²) < 4.78 is 1.02. The topological polar surface area (TPSA) is 32.3 Å². The molecule has 0 heterocycles. The number of rotatable bonds is 4. The first-order valence-electron chi connectivity index (χ1n) is 6.35. The quantitative estimate of drug-likeness (QED) is 0.888. The van der Waals surface area contributed by atoms with Crippen molar-refractivity contribution in [2.75, 3.05) is 6.54 Å². The first-order chi connectivity index (χ1) is 8.16. The van der Waals surface area contributed by atoms with Crippen LogP contribution in [0, 0.1) is 11.8 Å². The van der Waals surface area contributed by atoms with E-state index in [0.29, 0.717) is 5.75 Å². The van der Waals surface area contributed by atoms with Crippen LogP contribution >= 0.6 is 15.9 Å². The fourth-order valence-corrected chi connectivity index (χ4v) is 3.02. The Balaban J connectivity index is 1.83. The molecular formula is C14H20BrNO. The molecule has 1 aromatic rings. The number of nitrogens with one attached hydrogen (secondary N) is 1. The van der Waals surface area contributed by atoms with Gasteiger partial charge in [-0.05, 0) is 43.0 Å². The Labute approximate surface area is 112 Å². The lowest BCUT2D eigenvalue weighted by Crippen LogP contribution is -2.23. The Kier molecular flexibility index (Phi) is 4.46. The van der Waals surface area contributed by atoms with Crippen LogP contribution in [0.3, 0.4) is 0 Å². The molecule has 1 aliphatic carbocycles. The predicted molar refractivity (Wildman–Crippen MR) is 74.0 cm³/mol. The second-order valence-corrected chi connectivity index (χ2v) is 5.99. The Bertz CT molecular complexity index is 380. The van der Waals surface area contributed by atoms with Crippen LogP contribution in [0.2, 0.25) is 0 Å². The summed E-state index contributed by atoms with van der Waals surface area (Å²) in [7, 11) is 0. The largest absolute Gasteiger partial charge is 0.508 e. The van der Waals surface area contributed by atoms with Crippen LogP contribution in [0.5, 0.6) is 5.75 Å². The van der Waals surface area contributed by atoms with Crippen LogP contribution in [0.25, 0.3) is 0 Å². The first-order valence-corrected chi connectivity index (χ1v) is 7.14. The lowest BCUT2D eigenvalue weighted by molar-refractivity contribution is 0.389. The number of hydrogen-bond donors (Lipinski definition) is 2. The molecule has 0 saturated heterocycles. The highest BCUT2D eigenvalue weighted by Crippen LogP contribution is 2.30. The monoisotopic (exact) mass is 297 g/mol. The van der Waals surface area contributed by atoms with E-state index in [1.165, 1.54) is 19.3 Å². The van der Waals surface area contributed by atoms with E-state index in [0.717, 1.165) is 35.0 Å². The molecule has 94 valence electrons. The zero-order valence-electron chi connectivity index (χ0n) is 10.2. The molecule has 0 radical (unpaired) electrons. The number of benzene rings is 1. The van der Waals surface area contributed by atoms with E-state index in [4.69, 9.17) is 0 Å². The number of aromatic hydroxyl groups is 1. The Morgan fingerprint density at radius 3 is 2.94 bits per heavy atom. The molecule has 0 aliphatic heterocycles. The van der Waals surface area contributed by atoms with Gasteiger partial charge in [-0.15, -0.1) is 0 Å². The van der Waals surface area contributed by atoms with E-state index in [1.807, 2.05) is 12.1 Å². The summed E-state index contributed by atoms with van der Waals surface area (Å²) in [6.45, 7) is 4.15. The van der Waals surface area contributed by atoms with Gasteiger partial charge in [-0.1, -0.05) is 35.7 Å². The number of halogens is 1. The molecule has 0 spiro atoms. The summed E-state index contributed by atoms with van der Waals surface area (Å²) in [5, 5.41) is 13.2. The molecule has 1 aromatic carbocycles. The first kappa shape index (κ1) is 12.9. The molecule has 1 fully saturated rings. The molecule has 0 bridgehead atoms. The van der Waals surface area contributed by atoms with Gasteiger partial charge in [0, 0.05) is 16.6 Å². The third-order valence-electron chi connectivity index (χ3n) is 3.80. The molecular weight excluding hydrogens is 278 g/mol. The maximum absolute atomic E-state index is 9.72. The summed E-state index contributed by atoms with van der Waals surface area (Å²) in [5.41, 5.74) is 0.963. The van der Waals surface area contributed by atoms with Gasteiger partial charge in [0.25, 0.3) is 0 Å². The maximum atomic E-state index is 9.72. The molecule has 2 N–H and O–H groups in total. The van der Waals surface area contributed by atoms with Crippen LogP contribution in [0.15, 0.2) is 22.7 Å². The summed E-state index contributed by atoms with van der Waals surface area (Å²) >= 11 is 3.43. The van der Waals surface area contributed by atoms with E-state index < -0.39 is 0 Å². The SMILES string of the molecule is CC1CCCC1CNCc1cc(Br)ccc1O. The Morgan fingerprint density at radius 2 is 2.24 bits per heavy atom. The van der Waals surface area contributed by atoms with Gasteiger partial charge in [0.1, 0.15) is 5.75 Å². The van der Waals surface area contributed by atoms with Crippen molar-refractivity contribution in [1.29, 1.82) is 0 Å². The van der Waals surface area contributed by atoms with Crippen LogP contribution in [-0.2, 0) is 6.54 Å². The highest BCUT2D eigenvalue weighted by Gasteiger charge is 2.22. The highest BCUT2D eigenvalue weighted by atomic mass is 79.9. The van der Waals surface area contributed by atoms with Crippen molar-refractivity contribution in [3.63, 3.8) is 0 Å². The van der Waals surface area contributed by atoms with Crippen molar-refractivity contribution in [3.8, 4) is 5.75 Å². The van der Waals surface area contributed by atoms with Crippen molar-refractivity contribution >= 4 is 15.9 Å².